The number of hydrogen-bond acceptors (Lipinski definition) is 2. The lowest BCUT2D eigenvalue weighted by molar-refractivity contribution is -0.137. The molecule has 2 aliphatic rings. The molecule has 1 aliphatic heterocycles. The number of aromatic nitrogens is 2. The molecule has 1 amide bonds. The van der Waals surface area contributed by atoms with E-state index in [-0.39, 0.29) is 5.92 Å². The van der Waals surface area contributed by atoms with E-state index in [0.717, 1.165) is 51.7 Å². The molecule has 1 aromatic carbocycles. The molecule has 1 atom stereocenters. The van der Waals surface area contributed by atoms with Crippen LogP contribution in [0, 0.1) is 11.8 Å². The third-order valence-electron chi connectivity index (χ3n) is 5.65. The third-order valence-corrected chi connectivity index (χ3v) is 5.65. The minimum Gasteiger partial charge on any atom is -0.342 e. The third kappa shape index (κ3) is 3.23. The summed E-state index contributed by atoms with van der Waals surface area (Å²) >= 11 is 0. The molecule has 0 spiro atoms. The molecule has 0 N–H and O–H groups in total. The Kier molecular flexibility index (Phi) is 4.37. The summed E-state index contributed by atoms with van der Waals surface area (Å²) in [4.78, 5) is 19.1. The summed E-state index contributed by atoms with van der Waals surface area (Å²) in [5.74, 6) is 1.23. The molecule has 1 fully saturated rings. The maximum absolute atomic E-state index is 12.9. The molecule has 0 radical (unpaired) electrons. The first kappa shape index (κ1) is 15.4. The lowest BCUT2D eigenvalue weighted by atomic mass is 9.82. The minimum absolute atomic E-state index is 0.185. The molecule has 1 saturated heterocycles. The molecule has 2 aromatic rings. The number of carbonyl (C=O) groups excluding carboxylic acids is 1. The second-order valence-corrected chi connectivity index (χ2v) is 7.24. The van der Waals surface area contributed by atoms with Gasteiger partial charge in [0.25, 0.3) is 0 Å². The van der Waals surface area contributed by atoms with Gasteiger partial charge in [0, 0.05) is 37.9 Å². The van der Waals surface area contributed by atoms with E-state index in [9.17, 15) is 4.79 Å². The summed E-state index contributed by atoms with van der Waals surface area (Å²) in [6, 6.07) is 8.59. The number of nitrogens with zero attached hydrogens (tertiary/aromatic N) is 3. The van der Waals surface area contributed by atoms with Crippen LogP contribution in [0.5, 0.6) is 0 Å². The van der Waals surface area contributed by atoms with Gasteiger partial charge in [-0.1, -0.05) is 24.3 Å². The van der Waals surface area contributed by atoms with Crippen molar-refractivity contribution >= 4 is 5.91 Å². The van der Waals surface area contributed by atoms with E-state index in [1.165, 1.54) is 11.1 Å². The molecule has 0 unspecified atom stereocenters. The number of hydrogen-bond donors (Lipinski definition) is 0. The Morgan fingerprint density at radius 1 is 1.12 bits per heavy atom. The van der Waals surface area contributed by atoms with Crippen LogP contribution in [0.4, 0.5) is 0 Å². The van der Waals surface area contributed by atoms with Crippen LogP contribution >= 0.6 is 0 Å². The van der Waals surface area contributed by atoms with Crippen molar-refractivity contribution in [1.29, 1.82) is 0 Å². The van der Waals surface area contributed by atoms with E-state index in [1.807, 2.05) is 18.7 Å². The Bertz CT molecular complexity index is 687. The number of benzene rings is 1. The van der Waals surface area contributed by atoms with Gasteiger partial charge in [0.1, 0.15) is 0 Å². The van der Waals surface area contributed by atoms with Gasteiger partial charge in [0.05, 0.1) is 6.33 Å². The second kappa shape index (κ2) is 6.80. The zero-order valence-corrected chi connectivity index (χ0v) is 14.1. The molecule has 2 heterocycles. The standard InChI is InChI=1S/C20H25N3O/c24-20(19-6-5-17-3-1-2-4-18(17)13-19)23-10-7-16(8-11-23)14-22-12-9-21-15-22/h1-4,9,12,15-16,19H,5-8,10-11,13-14H2/t19-/m0/s1. The quantitative estimate of drug-likeness (QED) is 0.871. The van der Waals surface area contributed by atoms with Gasteiger partial charge in [-0.25, -0.2) is 4.98 Å². The van der Waals surface area contributed by atoms with E-state index < -0.39 is 0 Å². The van der Waals surface area contributed by atoms with Gasteiger partial charge in [-0.15, -0.1) is 0 Å². The van der Waals surface area contributed by atoms with E-state index in [4.69, 9.17) is 0 Å². The van der Waals surface area contributed by atoms with Crippen molar-refractivity contribution in [2.75, 3.05) is 13.1 Å². The highest BCUT2D eigenvalue weighted by molar-refractivity contribution is 5.79. The molecule has 1 aliphatic carbocycles. The van der Waals surface area contributed by atoms with Crippen molar-refractivity contribution in [3.05, 3.63) is 54.1 Å². The first-order chi connectivity index (χ1) is 11.8. The van der Waals surface area contributed by atoms with Gasteiger partial charge in [0.15, 0.2) is 0 Å². The van der Waals surface area contributed by atoms with Gasteiger partial charge in [0.2, 0.25) is 5.91 Å². The van der Waals surface area contributed by atoms with Crippen molar-refractivity contribution in [2.45, 2.75) is 38.6 Å². The number of piperidine rings is 1. The van der Waals surface area contributed by atoms with Crippen molar-refractivity contribution in [1.82, 2.24) is 14.5 Å². The fourth-order valence-electron chi connectivity index (χ4n) is 4.20. The monoisotopic (exact) mass is 323 g/mol. The minimum atomic E-state index is 0.185. The smallest absolute Gasteiger partial charge is 0.226 e. The number of aryl methyl sites for hydroxylation is 1. The van der Waals surface area contributed by atoms with Gasteiger partial charge < -0.3 is 9.47 Å². The highest BCUT2D eigenvalue weighted by atomic mass is 16.2. The number of fused-ring (bicyclic) bond motifs is 1. The topological polar surface area (TPSA) is 38.1 Å². The van der Waals surface area contributed by atoms with Crippen molar-refractivity contribution < 1.29 is 4.79 Å². The maximum Gasteiger partial charge on any atom is 0.226 e. The average Bonchev–Trinajstić information content (AvgIpc) is 3.14. The molecule has 4 heteroatoms. The molecule has 4 rings (SSSR count). The normalized spacial score (nSPS) is 21.5. The van der Waals surface area contributed by atoms with Crippen LogP contribution < -0.4 is 0 Å². The van der Waals surface area contributed by atoms with Crippen LogP contribution in [0.1, 0.15) is 30.4 Å². The van der Waals surface area contributed by atoms with E-state index in [2.05, 4.69) is 38.7 Å². The summed E-state index contributed by atoms with van der Waals surface area (Å²) in [6.07, 6.45) is 10.9. The predicted molar refractivity (Wildman–Crippen MR) is 93.5 cm³/mol. The van der Waals surface area contributed by atoms with Crippen LogP contribution in [0.25, 0.3) is 0 Å². The van der Waals surface area contributed by atoms with E-state index >= 15 is 0 Å². The molecule has 0 saturated carbocycles. The number of amides is 1. The SMILES string of the molecule is O=C([C@H]1CCc2ccccc2C1)N1CCC(Cn2ccnc2)CC1. The second-order valence-electron chi connectivity index (χ2n) is 7.24. The molecule has 0 bridgehead atoms. The zero-order valence-electron chi connectivity index (χ0n) is 14.1. The highest BCUT2D eigenvalue weighted by Crippen LogP contribution is 2.28. The van der Waals surface area contributed by atoms with Gasteiger partial charge >= 0.3 is 0 Å². The molecular weight excluding hydrogens is 298 g/mol. The van der Waals surface area contributed by atoms with Crippen LogP contribution in [-0.4, -0.2) is 33.4 Å². The molecule has 24 heavy (non-hydrogen) atoms. The summed E-state index contributed by atoms with van der Waals surface area (Å²) in [5, 5.41) is 0. The van der Waals surface area contributed by atoms with Crippen molar-refractivity contribution in [3.63, 3.8) is 0 Å². The Morgan fingerprint density at radius 3 is 2.67 bits per heavy atom. The number of rotatable bonds is 3. The Morgan fingerprint density at radius 2 is 1.92 bits per heavy atom. The highest BCUT2D eigenvalue weighted by Gasteiger charge is 2.30. The largest absolute Gasteiger partial charge is 0.342 e. The molecule has 4 nitrogen and oxygen atoms in total. The Balaban J connectivity index is 1.32. The first-order valence-electron chi connectivity index (χ1n) is 9.11. The summed E-state index contributed by atoms with van der Waals surface area (Å²) in [7, 11) is 0. The summed E-state index contributed by atoms with van der Waals surface area (Å²) in [5.41, 5.74) is 2.80. The summed E-state index contributed by atoms with van der Waals surface area (Å²) < 4.78 is 2.15. The van der Waals surface area contributed by atoms with E-state index in [1.54, 1.807) is 0 Å². The lowest BCUT2D eigenvalue weighted by Crippen LogP contribution is -2.43. The fourth-order valence-corrected chi connectivity index (χ4v) is 4.20. The molecule has 126 valence electrons. The van der Waals surface area contributed by atoms with Gasteiger partial charge in [-0.05, 0) is 49.1 Å². The number of likely N-dealkylation sites (tertiary alicyclic amines) is 1. The van der Waals surface area contributed by atoms with Gasteiger partial charge in [-0.3, -0.25) is 4.79 Å². The fraction of sp³-hybridized carbons (Fsp3) is 0.500. The van der Waals surface area contributed by atoms with Crippen LogP contribution in [0.2, 0.25) is 0 Å². The van der Waals surface area contributed by atoms with Crippen molar-refractivity contribution in [2.24, 2.45) is 11.8 Å². The van der Waals surface area contributed by atoms with Crippen LogP contribution in [0.3, 0.4) is 0 Å². The number of imidazole rings is 1. The maximum atomic E-state index is 12.9. The van der Waals surface area contributed by atoms with E-state index in [0.29, 0.717) is 11.8 Å². The Hall–Kier alpha value is -2.10. The van der Waals surface area contributed by atoms with Gasteiger partial charge in [-0.2, -0.15) is 0 Å². The summed E-state index contributed by atoms with van der Waals surface area (Å²) in [6.45, 7) is 2.85. The Labute approximate surface area is 143 Å². The average molecular weight is 323 g/mol. The van der Waals surface area contributed by atoms with Crippen molar-refractivity contribution in [3.8, 4) is 0 Å². The molecule has 1 aromatic heterocycles. The lowest BCUT2D eigenvalue weighted by Gasteiger charge is -2.35. The van der Waals surface area contributed by atoms with Crippen LogP contribution in [0.15, 0.2) is 43.0 Å². The first-order valence-corrected chi connectivity index (χ1v) is 9.11. The van der Waals surface area contributed by atoms with Crippen LogP contribution in [-0.2, 0) is 24.2 Å². The zero-order chi connectivity index (χ0) is 16.4. The number of carbonyl (C=O) groups is 1. The molecular formula is C20H25N3O. The predicted octanol–water partition coefficient (Wildman–Crippen LogP) is 2.93.